The molecular weight excluding hydrogens is 144 g/mol. The van der Waals surface area contributed by atoms with Crippen LogP contribution in [0.5, 0.6) is 0 Å². The summed E-state index contributed by atoms with van der Waals surface area (Å²) in [6.45, 7) is 0. The van der Waals surface area contributed by atoms with Gasteiger partial charge in [-0.3, -0.25) is 0 Å². The fraction of sp³-hybridized carbons (Fsp3) is 0. The second-order valence-electron chi connectivity index (χ2n) is 1.57. The van der Waals surface area contributed by atoms with E-state index in [1.165, 1.54) is 12.3 Å². The number of rotatable bonds is 1. The van der Waals surface area contributed by atoms with Crippen LogP contribution in [0.3, 0.4) is 0 Å². The molecule has 0 bridgehead atoms. The van der Waals surface area contributed by atoms with Crippen molar-refractivity contribution in [2.75, 3.05) is 0 Å². The lowest BCUT2D eigenvalue weighted by Gasteiger charge is -1.88. The fourth-order valence-electron chi connectivity index (χ4n) is 0.528. The number of aromatic nitrogens is 2. The molecule has 0 aromatic carbocycles. The maximum absolute atomic E-state index is 8.44. The van der Waals surface area contributed by atoms with E-state index in [0.717, 1.165) is 0 Å². The van der Waals surface area contributed by atoms with Crippen LogP contribution < -0.4 is 0 Å². The summed E-state index contributed by atoms with van der Waals surface area (Å²) in [5, 5.41) is 18.5. The Kier molecular flexibility index (Phi) is 2.00. The van der Waals surface area contributed by atoms with Crippen LogP contribution in [-0.4, -0.2) is 10.2 Å². The quantitative estimate of drug-likeness (QED) is 0.339. The van der Waals surface area contributed by atoms with E-state index in [-0.39, 0.29) is 11.4 Å². The van der Waals surface area contributed by atoms with Crippen LogP contribution in [0.25, 0.3) is 10.4 Å². The molecule has 0 fully saturated rings. The molecule has 0 radical (unpaired) electrons. The molecule has 1 aromatic heterocycles. The van der Waals surface area contributed by atoms with Gasteiger partial charge in [0.15, 0.2) is 5.82 Å². The molecule has 52 valence electrons. The predicted molar refractivity (Wildman–Crippen MR) is 35.6 cm³/mol. The molecule has 0 saturated carbocycles. The molecule has 0 aliphatic rings. The molecule has 6 heteroatoms. The first-order chi connectivity index (χ1) is 5.38. The normalized spacial score (nSPS) is 7.91. The molecule has 1 rings (SSSR count). The topological polar surface area (TPSA) is 98.3 Å². The van der Waals surface area contributed by atoms with Crippen LogP contribution in [0.15, 0.2) is 17.4 Å². The molecule has 1 heterocycles. The second-order valence-corrected chi connectivity index (χ2v) is 1.57. The highest BCUT2D eigenvalue weighted by atomic mass is 15.2. The van der Waals surface area contributed by atoms with Crippen LogP contribution in [0.2, 0.25) is 0 Å². The van der Waals surface area contributed by atoms with E-state index in [4.69, 9.17) is 10.8 Å². The van der Waals surface area contributed by atoms with Crippen molar-refractivity contribution in [3.8, 4) is 6.07 Å². The Hall–Kier alpha value is -2.12. The lowest BCUT2D eigenvalue weighted by atomic mass is 10.3. The molecule has 6 nitrogen and oxygen atoms in total. The van der Waals surface area contributed by atoms with Crippen LogP contribution in [0, 0.1) is 11.3 Å². The van der Waals surface area contributed by atoms with Crippen molar-refractivity contribution in [1.82, 2.24) is 10.2 Å². The predicted octanol–water partition coefficient (Wildman–Crippen LogP) is 1.29. The van der Waals surface area contributed by atoms with Gasteiger partial charge in [-0.1, -0.05) is 0 Å². The van der Waals surface area contributed by atoms with Gasteiger partial charge < -0.3 is 0 Å². The van der Waals surface area contributed by atoms with Gasteiger partial charge in [0.1, 0.15) is 6.07 Å². The number of hydrogen-bond acceptors (Lipinski definition) is 4. The first kappa shape index (κ1) is 6.99. The highest BCUT2D eigenvalue weighted by Crippen LogP contribution is 2.11. The molecule has 0 amide bonds. The third kappa shape index (κ3) is 1.41. The third-order valence-electron chi connectivity index (χ3n) is 0.961. The largest absolute Gasteiger partial charge is 0.192 e. The average Bonchev–Trinajstić information content (AvgIpc) is 2.06. The van der Waals surface area contributed by atoms with Gasteiger partial charge in [0.2, 0.25) is 0 Å². The SMILES string of the molecule is N#Cc1ccnnc1N=[N+]=[N-]. The average molecular weight is 146 g/mol. The number of nitriles is 1. The van der Waals surface area contributed by atoms with E-state index in [1.807, 2.05) is 6.07 Å². The van der Waals surface area contributed by atoms with Gasteiger partial charge in [-0.25, -0.2) is 0 Å². The van der Waals surface area contributed by atoms with Crippen molar-refractivity contribution in [2.24, 2.45) is 5.11 Å². The van der Waals surface area contributed by atoms with Crippen molar-refractivity contribution in [3.63, 3.8) is 0 Å². The van der Waals surface area contributed by atoms with Gasteiger partial charge in [-0.2, -0.15) is 10.4 Å². The maximum atomic E-state index is 8.44. The van der Waals surface area contributed by atoms with Gasteiger partial charge in [0.25, 0.3) is 0 Å². The summed E-state index contributed by atoms with van der Waals surface area (Å²) >= 11 is 0. The van der Waals surface area contributed by atoms with E-state index in [9.17, 15) is 0 Å². The Labute approximate surface area is 61.7 Å². The van der Waals surface area contributed by atoms with Gasteiger partial charge in [0, 0.05) is 4.91 Å². The highest BCUT2D eigenvalue weighted by Gasteiger charge is 1.98. The van der Waals surface area contributed by atoms with Crippen LogP contribution in [0.4, 0.5) is 5.82 Å². The van der Waals surface area contributed by atoms with E-state index in [1.54, 1.807) is 0 Å². The Balaban J connectivity index is 3.25. The number of hydrogen-bond donors (Lipinski definition) is 0. The van der Waals surface area contributed by atoms with Crippen LogP contribution in [0.1, 0.15) is 5.56 Å². The zero-order valence-corrected chi connectivity index (χ0v) is 5.34. The number of azide groups is 1. The molecule has 0 N–H and O–H groups in total. The third-order valence-corrected chi connectivity index (χ3v) is 0.961. The number of nitrogens with zero attached hydrogens (tertiary/aromatic N) is 6. The minimum atomic E-state index is 0.0116. The Bertz CT molecular complexity index is 344. The molecule has 1 aromatic rings. The fourth-order valence-corrected chi connectivity index (χ4v) is 0.528. The molecule has 0 unspecified atom stereocenters. The lowest BCUT2D eigenvalue weighted by Crippen LogP contribution is -1.82. The summed E-state index contributed by atoms with van der Waals surface area (Å²) in [6.07, 6.45) is 1.36. The molecule has 0 saturated heterocycles. The Morgan fingerprint density at radius 2 is 2.55 bits per heavy atom. The smallest absolute Gasteiger partial charge is 0.167 e. The highest BCUT2D eigenvalue weighted by molar-refractivity contribution is 5.45. The summed E-state index contributed by atoms with van der Waals surface area (Å²) in [7, 11) is 0. The van der Waals surface area contributed by atoms with Crippen molar-refractivity contribution >= 4 is 5.82 Å². The van der Waals surface area contributed by atoms with Crippen molar-refractivity contribution in [1.29, 1.82) is 5.26 Å². The molecular formula is C5H2N6. The van der Waals surface area contributed by atoms with Crippen LogP contribution in [-0.2, 0) is 0 Å². The summed E-state index contributed by atoms with van der Waals surface area (Å²) < 4.78 is 0. The van der Waals surface area contributed by atoms with Gasteiger partial charge in [-0.15, -0.1) is 5.10 Å². The second kappa shape index (κ2) is 3.15. The monoisotopic (exact) mass is 146 g/mol. The van der Waals surface area contributed by atoms with E-state index < -0.39 is 0 Å². The van der Waals surface area contributed by atoms with Gasteiger partial charge >= 0.3 is 0 Å². The van der Waals surface area contributed by atoms with Gasteiger partial charge in [-0.05, 0) is 16.7 Å². The van der Waals surface area contributed by atoms with E-state index in [0.29, 0.717) is 0 Å². The summed E-state index contributed by atoms with van der Waals surface area (Å²) in [4.78, 5) is 2.49. The summed E-state index contributed by atoms with van der Waals surface area (Å²) in [6, 6.07) is 3.24. The zero-order valence-electron chi connectivity index (χ0n) is 5.34. The minimum absolute atomic E-state index is 0.0116. The maximum Gasteiger partial charge on any atom is 0.167 e. The molecule has 0 atom stereocenters. The first-order valence-electron chi connectivity index (χ1n) is 2.65. The van der Waals surface area contributed by atoms with Gasteiger partial charge in [0.05, 0.1) is 11.8 Å². The molecule has 0 aliphatic heterocycles. The van der Waals surface area contributed by atoms with Crippen molar-refractivity contribution in [2.45, 2.75) is 0 Å². The van der Waals surface area contributed by atoms with Crippen LogP contribution >= 0.6 is 0 Å². The molecule has 11 heavy (non-hydrogen) atoms. The first-order valence-corrected chi connectivity index (χ1v) is 2.65. The Morgan fingerprint density at radius 1 is 1.73 bits per heavy atom. The molecule has 0 aliphatic carbocycles. The molecule has 0 spiro atoms. The Morgan fingerprint density at radius 3 is 3.18 bits per heavy atom. The standard InChI is InChI=1S/C5H2N6/c6-3-4-1-2-8-9-5(4)10-11-7/h1-2H. The van der Waals surface area contributed by atoms with E-state index >= 15 is 0 Å². The zero-order chi connectivity index (χ0) is 8.10. The van der Waals surface area contributed by atoms with Crippen molar-refractivity contribution < 1.29 is 0 Å². The van der Waals surface area contributed by atoms with E-state index in [2.05, 4.69) is 20.2 Å². The summed E-state index contributed by atoms with van der Waals surface area (Å²) in [5.74, 6) is 0.0116. The van der Waals surface area contributed by atoms with Crippen molar-refractivity contribution in [3.05, 3.63) is 28.3 Å². The lowest BCUT2D eigenvalue weighted by molar-refractivity contribution is 1.01. The summed E-state index contributed by atoms with van der Waals surface area (Å²) in [5.41, 5.74) is 8.24. The minimum Gasteiger partial charge on any atom is -0.192 e.